The molecule has 0 aliphatic heterocycles. The number of nitrogens with one attached hydrogen (secondary N) is 2. The first-order valence-corrected chi connectivity index (χ1v) is 21.6. The van der Waals surface area contributed by atoms with Gasteiger partial charge in [0, 0.05) is 34.3 Å². The van der Waals surface area contributed by atoms with E-state index in [1.807, 2.05) is 0 Å². The number of carbonyl (C=O) groups excluding carboxylic acids is 1. The molecule has 0 saturated heterocycles. The second kappa shape index (κ2) is 19.1. The van der Waals surface area contributed by atoms with Crippen LogP contribution in [0.4, 0.5) is 38.9 Å². The maximum atomic E-state index is 13.2. The number of ether oxygens (including phenoxy) is 6. The number of aromatic hydroxyl groups is 2. The van der Waals surface area contributed by atoms with Gasteiger partial charge in [-0.05, 0) is 59.3 Å². The van der Waals surface area contributed by atoms with Gasteiger partial charge < -0.3 is 59.5 Å². The summed E-state index contributed by atoms with van der Waals surface area (Å²) in [5, 5.41) is 62.3. The SMILES string of the molecule is COc1cc(C(=O)O)c(N=Nc2c(S(=O)(=O)O)cc3cc(NC(=O)Nc4ccc5c(O)c(N=Nc6c(C(=O)O)cc(OC)c(OC)c6OC)c(S(=O)(=O)O)cc5c4)ccc3c2O)c(OC)c1OC. The van der Waals surface area contributed by atoms with Gasteiger partial charge in [-0.15, -0.1) is 20.5 Å². The smallest absolute Gasteiger partial charge is 0.338 e. The van der Waals surface area contributed by atoms with Crippen LogP contribution in [-0.2, 0) is 20.2 Å². The summed E-state index contributed by atoms with van der Waals surface area (Å²) < 4.78 is 102. The molecule has 0 saturated carbocycles. The van der Waals surface area contributed by atoms with Crippen molar-refractivity contribution in [2.75, 3.05) is 53.3 Å². The van der Waals surface area contributed by atoms with Gasteiger partial charge in [-0.25, -0.2) is 14.4 Å². The lowest BCUT2D eigenvalue weighted by molar-refractivity contribution is 0.0686. The van der Waals surface area contributed by atoms with Crippen LogP contribution in [0.1, 0.15) is 20.7 Å². The summed E-state index contributed by atoms with van der Waals surface area (Å²) in [5.41, 5.74) is -3.56. The minimum Gasteiger partial charge on any atom is -0.505 e. The molecule has 0 radical (unpaired) electrons. The van der Waals surface area contributed by atoms with E-state index in [0.29, 0.717) is 0 Å². The number of amides is 2. The number of anilines is 2. The fourth-order valence-electron chi connectivity index (χ4n) is 6.75. The summed E-state index contributed by atoms with van der Waals surface area (Å²) in [4.78, 5) is 35.6. The summed E-state index contributed by atoms with van der Waals surface area (Å²) in [6, 6.07) is 10.5. The molecule has 6 rings (SSSR count). The molecular weight excluding hydrogens is 945 g/mol. The van der Waals surface area contributed by atoms with Gasteiger partial charge >= 0.3 is 18.0 Å². The van der Waals surface area contributed by atoms with E-state index in [4.69, 9.17) is 28.4 Å². The Bertz CT molecular complexity index is 3160. The van der Waals surface area contributed by atoms with Crippen LogP contribution in [0.3, 0.4) is 0 Å². The number of phenols is 2. The number of rotatable bonds is 16. The van der Waals surface area contributed by atoms with Gasteiger partial charge in [0.1, 0.15) is 32.5 Å². The second-order valence-corrected chi connectivity index (χ2v) is 16.4. The van der Waals surface area contributed by atoms with Crippen molar-refractivity contribution in [1.82, 2.24) is 0 Å². The Hall–Kier alpha value is -8.53. The van der Waals surface area contributed by atoms with Crippen molar-refractivity contribution in [3.8, 4) is 46.0 Å². The molecule has 0 bridgehead atoms. The number of nitrogens with zero attached hydrogens (tertiary/aromatic N) is 4. The zero-order valence-corrected chi connectivity index (χ0v) is 37.5. The van der Waals surface area contributed by atoms with E-state index < -0.39 is 93.4 Å². The number of methoxy groups -OCH3 is 6. The van der Waals surface area contributed by atoms with Gasteiger partial charge in [-0.3, -0.25) is 9.11 Å². The van der Waals surface area contributed by atoms with Gasteiger partial charge in [0.05, 0.1) is 53.8 Å². The van der Waals surface area contributed by atoms with E-state index >= 15 is 0 Å². The number of benzene rings is 6. The van der Waals surface area contributed by atoms with Crippen LogP contribution in [0.2, 0.25) is 0 Å². The highest BCUT2D eigenvalue weighted by Crippen LogP contribution is 2.50. The van der Waals surface area contributed by atoms with Crippen molar-refractivity contribution in [1.29, 1.82) is 0 Å². The molecule has 0 aliphatic rings. The Morgan fingerprint density at radius 1 is 0.485 bits per heavy atom. The molecule has 0 heterocycles. The molecule has 0 aliphatic carbocycles. The average Bonchev–Trinajstić information content (AvgIpc) is 3.28. The molecule has 25 nitrogen and oxygen atoms in total. The van der Waals surface area contributed by atoms with E-state index in [2.05, 4.69) is 31.1 Å². The van der Waals surface area contributed by atoms with Crippen LogP contribution in [0, 0.1) is 0 Å². The lowest BCUT2D eigenvalue weighted by Gasteiger charge is -2.15. The first kappa shape index (κ1) is 48.9. The molecule has 6 aromatic rings. The molecule has 0 atom stereocenters. The van der Waals surface area contributed by atoms with Gasteiger partial charge in [-0.2, -0.15) is 16.8 Å². The maximum absolute atomic E-state index is 13.2. The van der Waals surface area contributed by atoms with Crippen molar-refractivity contribution in [2.24, 2.45) is 20.5 Å². The molecule has 6 aromatic carbocycles. The minimum absolute atomic E-state index is 0.00508. The minimum atomic E-state index is -5.18. The summed E-state index contributed by atoms with van der Waals surface area (Å²) in [6.07, 6.45) is 0. The Morgan fingerprint density at radius 2 is 0.824 bits per heavy atom. The number of carboxylic acid groups (broad SMARTS) is 2. The van der Waals surface area contributed by atoms with Crippen molar-refractivity contribution in [3.63, 3.8) is 0 Å². The molecule has 0 aromatic heterocycles. The van der Waals surface area contributed by atoms with E-state index in [1.165, 1.54) is 64.8 Å². The number of fused-ring (bicyclic) bond motifs is 2. The quantitative estimate of drug-likeness (QED) is 0.0338. The molecular formula is C41H36N6O19S2. The summed E-state index contributed by atoms with van der Waals surface area (Å²) in [5.74, 6) is -5.54. The number of urea groups is 1. The van der Waals surface area contributed by atoms with E-state index in [-0.39, 0.29) is 67.4 Å². The summed E-state index contributed by atoms with van der Waals surface area (Å²) >= 11 is 0. The van der Waals surface area contributed by atoms with Gasteiger partial charge in [0.15, 0.2) is 34.5 Å². The number of hydrogen-bond acceptors (Lipinski definition) is 19. The third-order valence-corrected chi connectivity index (χ3v) is 11.5. The van der Waals surface area contributed by atoms with Crippen LogP contribution in [-0.4, -0.2) is 107 Å². The number of aromatic carboxylic acids is 2. The van der Waals surface area contributed by atoms with Crippen LogP contribution in [0.5, 0.6) is 46.0 Å². The normalized spacial score (nSPS) is 11.8. The number of hydrogen-bond donors (Lipinski definition) is 8. The predicted molar refractivity (Wildman–Crippen MR) is 238 cm³/mol. The highest BCUT2D eigenvalue weighted by Gasteiger charge is 2.29. The van der Waals surface area contributed by atoms with Gasteiger partial charge in [0.2, 0.25) is 11.5 Å². The molecule has 0 spiro atoms. The monoisotopic (exact) mass is 980 g/mol. The summed E-state index contributed by atoms with van der Waals surface area (Å²) in [6.45, 7) is 0. The Balaban J connectivity index is 1.33. The first-order chi connectivity index (χ1) is 32.1. The van der Waals surface area contributed by atoms with Crippen molar-refractivity contribution < 1.29 is 89.2 Å². The standard InChI is InChI=1S/C41H36N6O19S2/c1-61-25-15-23(39(50)51)29(37(65-5)35(25)63-3)44-46-31-27(67(55,56)57)13-17-11-19(7-9-21(17)33(31)48)42-41(54)43-20-8-10-22-18(12-20)14-28(68(58,59)60)32(34(22)49)47-45-30-24(40(52)53)16-26(62-2)36(64-4)38(30)66-6/h7-16,48-49H,1-6H3,(H,50,51)(H,52,53)(H2,42,43,54)(H,55,56,57)(H,58,59,60). The molecule has 8 N–H and O–H groups in total. The number of carbonyl (C=O) groups is 3. The molecule has 356 valence electrons. The Labute approximate surface area is 383 Å². The zero-order valence-electron chi connectivity index (χ0n) is 35.9. The zero-order chi connectivity index (χ0) is 50.0. The van der Waals surface area contributed by atoms with Crippen LogP contribution in [0.25, 0.3) is 21.5 Å². The van der Waals surface area contributed by atoms with Gasteiger partial charge in [-0.1, -0.05) is 0 Å². The molecule has 68 heavy (non-hydrogen) atoms. The fourth-order valence-corrected chi connectivity index (χ4v) is 8.06. The largest absolute Gasteiger partial charge is 0.505 e. The predicted octanol–water partition coefficient (Wildman–Crippen LogP) is 7.82. The molecule has 27 heteroatoms. The van der Waals surface area contributed by atoms with E-state index in [9.17, 15) is 60.8 Å². The second-order valence-electron chi connectivity index (χ2n) is 13.6. The number of phenolic OH excluding ortho intramolecular Hbond substituents is 2. The van der Waals surface area contributed by atoms with Gasteiger partial charge in [0.25, 0.3) is 20.2 Å². The number of carboxylic acids is 2. The van der Waals surface area contributed by atoms with Crippen molar-refractivity contribution in [3.05, 3.63) is 71.8 Å². The van der Waals surface area contributed by atoms with Crippen molar-refractivity contribution in [2.45, 2.75) is 9.79 Å². The average molecular weight is 981 g/mol. The maximum Gasteiger partial charge on any atom is 0.338 e. The lowest BCUT2D eigenvalue weighted by Crippen LogP contribution is -2.19. The van der Waals surface area contributed by atoms with Crippen LogP contribution >= 0.6 is 0 Å². The molecule has 0 fully saturated rings. The molecule has 2 amide bonds. The first-order valence-electron chi connectivity index (χ1n) is 18.7. The lowest BCUT2D eigenvalue weighted by atomic mass is 10.1. The Kier molecular flexibility index (Phi) is 13.8. The highest BCUT2D eigenvalue weighted by atomic mass is 32.2. The number of azo groups is 2. The fraction of sp³-hybridized carbons (Fsp3) is 0.146. The third kappa shape index (κ3) is 9.42. The van der Waals surface area contributed by atoms with Crippen LogP contribution < -0.4 is 39.1 Å². The molecule has 0 unspecified atom stereocenters. The topological polar surface area (TPSA) is 370 Å². The van der Waals surface area contributed by atoms with E-state index in [1.54, 1.807) is 0 Å². The third-order valence-electron chi connectivity index (χ3n) is 9.74. The Morgan fingerprint density at radius 3 is 1.12 bits per heavy atom. The van der Waals surface area contributed by atoms with Crippen molar-refractivity contribution >= 4 is 93.9 Å². The highest BCUT2D eigenvalue weighted by molar-refractivity contribution is 7.86. The van der Waals surface area contributed by atoms with E-state index in [0.717, 1.165) is 38.5 Å². The van der Waals surface area contributed by atoms with Crippen LogP contribution in [0.15, 0.2) is 90.9 Å². The summed E-state index contributed by atoms with van der Waals surface area (Å²) in [7, 11) is -3.09.